The molecule has 3 nitrogen and oxygen atoms in total. The third kappa shape index (κ3) is 5.68. The molecule has 1 aliphatic carbocycles. The van der Waals surface area contributed by atoms with E-state index >= 15 is 0 Å². The molecule has 0 amide bonds. The molecule has 0 saturated heterocycles. The molecule has 1 aliphatic rings. The van der Waals surface area contributed by atoms with Crippen molar-refractivity contribution >= 4 is 9.84 Å². The largest absolute Gasteiger partial charge is 0.313 e. The zero-order chi connectivity index (χ0) is 13.1. The number of rotatable bonds is 4. The SMILES string of the molecule is CC(C)(C)C1=CC[C@@H](NCCS(C)(=O)=O)CC1. The summed E-state index contributed by atoms with van der Waals surface area (Å²) in [5.41, 5.74) is 1.80. The van der Waals surface area contributed by atoms with Crippen molar-refractivity contribution in [2.45, 2.75) is 46.1 Å². The van der Waals surface area contributed by atoms with Crippen molar-refractivity contribution in [2.24, 2.45) is 5.41 Å². The summed E-state index contributed by atoms with van der Waals surface area (Å²) >= 11 is 0. The van der Waals surface area contributed by atoms with Gasteiger partial charge in [0.1, 0.15) is 9.84 Å². The summed E-state index contributed by atoms with van der Waals surface area (Å²) in [6, 6.07) is 0.447. The number of allylic oxidation sites excluding steroid dienone is 1. The van der Waals surface area contributed by atoms with Gasteiger partial charge in [-0.25, -0.2) is 8.42 Å². The first-order valence-corrected chi connectivity index (χ1v) is 8.35. The van der Waals surface area contributed by atoms with Gasteiger partial charge in [-0.1, -0.05) is 32.4 Å². The van der Waals surface area contributed by atoms with Crippen LogP contribution in [0.4, 0.5) is 0 Å². The Kier molecular flexibility index (Phi) is 4.78. The normalized spacial score (nSPS) is 22.4. The van der Waals surface area contributed by atoms with Crippen LogP contribution in [-0.2, 0) is 9.84 Å². The fraction of sp³-hybridized carbons (Fsp3) is 0.846. The summed E-state index contributed by atoms with van der Waals surface area (Å²) in [4.78, 5) is 0. The Morgan fingerprint density at radius 1 is 1.41 bits per heavy atom. The number of sulfone groups is 1. The molecule has 17 heavy (non-hydrogen) atoms. The average molecular weight is 259 g/mol. The van der Waals surface area contributed by atoms with Gasteiger partial charge < -0.3 is 5.32 Å². The smallest absolute Gasteiger partial charge is 0.148 e. The summed E-state index contributed by atoms with van der Waals surface area (Å²) in [7, 11) is -2.84. The van der Waals surface area contributed by atoms with E-state index in [9.17, 15) is 8.42 Å². The quantitative estimate of drug-likeness (QED) is 0.787. The van der Waals surface area contributed by atoms with E-state index in [4.69, 9.17) is 0 Å². The third-order valence-corrected chi connectivity index (χ3v) is 4.23. The molecule has 1 rings (SSSR count). The van der Waals surface area contributed by atoms with Crippen molar-refractivity contribution < 1.29 is 8.42 Å². The highest BCUT2D eigenvalue weighted by atomic mass is 32.2. The zero-order valence-electron chi connectivity index (χ0n) is 11.4. The molecule has 100 valence electrons. The fourth-order valence-electron chi connectivity index (χ4n) is 2.15. The number of hydrogen-bond acceptors (Lipinski definition) is 3. The van der Waals surface area contributed by atoms with Gasteiger partial charge in [-0.2, -0.15) is 0 Å². The molecule has 1 atom stereocenters. The molecule has 4 heteroatoms. The molecule has 0 bridgehead atoms. The van der Waals surface area contributed by atoms with E-state index in [1.165, 1.54) is 11.8 Å². The maximum Gasteiger partial charge on any atom is 0.148 e. The van der Waals surface area contributed by atoms with Crippen LogP contribution in [0.2, 0.25) is 0 Å². The minimum absolute atomic E-state index is 0.235. The predicted octanol–water partition coefficient (Wildman–Crippen LogP) is 2.15. The van der Waals surface area contributed by atoms with E-state index in [1.807, 2.05) is 0 Å². The highest BCUT2D eigenvalue weighted by Crippen LogP contribution is 2.32. The Balaban J connectivity index is 2.35. The van der Waals surface area contributed by atoms with Gasteiger partial charge in [0.2, 0.25) is 0 Å². The molecule has 0 aliphatic heterocycles. The van der Waals surface area contributed by atoms with E-state index in [0.29, 0.717) is 12.6 Å². The highest BCUT2D eigenvalue weighted by Gasteiger charge is 2.22. The molecule has 0 heterocycles. The Hall–Kier alpha value is -0.350. The minimum atomic E-state index is -2.84. The topological polar surface area (TPSA) is 46.2 Å². The molecule has 0 unspecified atom stereocenters. The summed E-state index contributed by atoms with van der Waals surface area (Å²) in [6.07, 6.45) is 6.87. The van der Waals surface area contributed by atoms with Crippen LogP contribution in [0.3, 0.4) is 0 Å². The minimum Gasteiger partial charge on any atom is -0.313 e. The maximum absolute atomic E-state index is 11.0. The molecule has 0 saturated carbocycles. The maximum atomic E-state index is 11.0. The van der Waals surface area contributed by atoms with Gasteiger partial charge in [0.05, 0.1) is 5.75 Å². The Labute approximate surface area is 106 Å². The van der Waals surface area contributed by atoms with E-state index in [1.54, 1.807) is 0 Å². The molecular formula is C13H25NO2S. The van der Waals surface area contributed by atoms with Crippen LogP contribution < -0.4 is 5.32 Å². The molecule has 0 spiro atoms. The predicted molar refractivity (Wildman–Crippen MR) is 72.9 cm³/mol. The van der Waals surface area contributed by atoms with Crippen molar-refractivity contribution in [1.82, 2.24) is 5.32 Å². The first kappa shape index (κ1) is 14.7. The van der Waals surface area contributed by atoms with Gasteiger partial charge in [0.15, 0.2) is 0 Å². The lowest BCUT2D eigenvalue weighted by Gasteiger charge is -2.30. The Morgan fingerprint density at radius 3 is 2.47 bits per heavy atom. The Bertz CT molecular complexity index is 377. The van der Waals surface area contributed by atoms with Crippen molar-refractivity contribution in [3.8, 4) is 0 Å². The van der Waals surface area contributed by atoms with Gasteiger partial charge in [-0.15, -0.1) is 0 Å². The zero-order valence-corrected chi connectivity index (χ0v) is 12.2. The second-order valence-electron chi connectivity index (χ2n) is 6.03. The lowest BCUT2D eigenvalue weighted by atomic mass is 9.79. The van der Waals surface area contributed by atoms with E-state index in [0.717, 1.165) is 19.3 Å². The van der Waals surface area contributed by atoms with E-state index < -0.39 is 9.84 Å². The van der Waals surface area contributed by atoms with Crippen molar-refractivity contribution in [1.29, 1.82) is 0 Å². The molecule has 1 N–H and O–H groups in total. The van der Waals surface area contributed by atoms with Gasteiger partial charge in [-0.05, 0) is 24.7 Å². The molecule has 0 fully saturated rings. The molecule has 0 radical (unpaired) electrons. The number of hydrogen-bond donors (Lipinski definition) is 1. The van der Waals surface area contributed by atoms with E-state index in [2.05, 4.69) is 32.2 Å². The molecule has 0 aromatic rings. The standard InChI is InChI=1S/C13H25NO2S/c1-13(2,3)11-5-7-12(8-6-11)14-9-10-17(4,15)16/h5,12,14H,6-10H2,1-4H3/t12-/m1/s1. The Morgan fingerprint density at radius 2 is 2.06 bits per heavy atom. The highest BCUT2D eigenvalue weighted by molar-refractivity contribution is 7.90. The number of nitrogens with one attached hydrogen (secondary N) is 1. The summed E-state index contributed by atoms with van der Waals surface area (Å²) in [6.45, 7) is 7.31. The van der Waals surface area contributed by atoms with Crippen LogP contribution in [-0.4, -0.2) is 33.0 Å². The summed E-state index contributed by atoms with van der Waals surface area (Å²) in [5, 5.41) is 3.33. The molecule has 0 aromatic heterocycles. The molecule has 0 aromatic carbocycles. The van der Waals surface area contributed by atoms with Gasteiger partial charge >= 0.3 is 0 Å². The lowest BCUT2D eigenvalue weighted by Crippen LogP contribution is -2.34. The van der Waals surface area contributed by atoms with Crippen molar-refractivity contribution in [3.05, 3.63) is 11.6 Å². The van der Waals surface area contributed by atoms with E-state index in [-0.39, 0.29) is 11.2 Å². The first-order chi connectivity index (χ1) is 7.68. The fourth-order valence-corrected chi connectivity index (χ4v) is 2.64. The van der Waals surface area contributed by atoms with Gasteiger partial charge in [0.25, 0.3) is 0 Å². The van der Waals surface area contributed by atoms with Crippen LogP contribution in [0, 0.1) is 5.41 Å². The van der Waals surface area contributed by atoms with Gasteiger partial charge in [0, 0.05) is 18.8 Å². The van der Waals surface area contributed by atoms with Crippen LogP contribution in [0.15, 0.2) is 11.6 Å². The summed E-state index contributed by atoms with van der Waals surface area (Å²) in [5.74, 6) is 0.235. The molecular weight excluding hydrogens is 234 g/mol. The van der Waals surface area contributed by atoms with Gasteiger partial charge in [-0.3, -0.25) is 0 Å². The lowest BCUT2D eigenvalue weighted by molar-refractivity contribution is 0.414. The monoisotopic (exact) mass is 259 g/mol. The second kappa shape index (κ2) is 5.53. The van der Waals surface area contributed by atoms with Crippen molar-refractivity contribution in [3.63, 3.8) is 0 Å². The van der Waals surface area contributed by atoms with Crippen LogP contribution in [0.1, 0.15) is 40.0 Å². The average Bonchev–Trinajstić information content (AvgIpc) is 2.15. The third-order valence-electron chi connectivity index (χ3n) is 3.28. The van der Waals surface area contributed by atoms with Crippen LogP contribution >= 0.6 is 0 Å². The van der Waals surface area contributed by atoms with Crippen LogP contribution in [0.5, 0.6) is 0 Å². The van der Waals surface area contributed by atoms with Crippen molar-refractivity contribution in [2.75, 3.05) is 18.6 Å². The summed E-state index contributed by atoms with van der Waals surface area (Å²) < 4.78 is 22.0. The second-order valence-corrected chi connectivity index (χ2v) is 8.29. The van der Waals surface area contributed by atoms with Crippen LogP contribution in [0.25, 0.3) is 0 Å². The first-order valence-electron chi connectivity index (χ1n) is 6.29.